The summed E-state index contributed by atoms with van der Waals surface area (Å²) < 4.78 is 5.34. The molecule has 0 fully saturated rings. The molecule has 1 atom stereocenters. The van der Waals surface area contributed by atoms with Crippen molar-refractivity contribution in [3.05, 3.63) is 23.8 Å². The number of hydrogen-bond donors (Lipinski definition) is 0. The van der Waals surface area contributed by atoms with Crippen molar-refractivity contribution in [3.63, 3.8) is 0 Å². The van der Waals surface area contributed by atoms with E-state index in [-0.39, 0.29) is 11.2 Å². The van der Waals surface area contributed by atoms with Crippen molar-refractivity contribution in [2.75, 3.05) is 7.11 Å². The smallest absolute Gasteiger partial charge is 0.181 e. The van der Waals surface area contributed by atoms with Gasteiger partial charge in [0.15, 0.2) is 5.78 Å². The molecule has 1 aliphatic carbocycles. The molecule has 0 N–H and O–H groups in total. The van der Waals surface area contributed by atoms with E-state index in [1.54, 1.807) is 19.3 Å². The first-order valence-corrected chi connectivity index (χ1v) is 4.80. The maximum absolute atomic E-state index is 11.6. The van der Waals surface area contributed by atoms with Crippen molar-refractivity contribution in [1.82, 2.24) is 0 Å². The van der Waals surface area contributed by atoms with Crippen LogP contribution in [-0.4, -0.2) is 18.5 Å². The number of allylic oxidation sites excluding steroid dienone is 2. The molecule has 0 aromatic heterocycles. The van der Waals surface area contributed by atoms with E-state index in [2.05, 4.69) is 0 Å². The first-order valence-electron chi connectivity index (χ1n) is 4.80. The lowest BCUT2D eigenvalue weighted by molar-refractivity contribution is -0.112. The lowest BCUT2D eigenvalue weighted by atomic mass is 9.78. The molecular weight excluding hydrogens is 176 g/mol. The maximum Gasteiger partial charge on any atom is 0.181 e. The van der Waals surface area contributed by atoms with Gasteiger partial charge in [-0.05, 0) is 30.6 Å². The summed E-state index contributed by atoms with van der Waals surface area (Å²) in [6.07, 6.45) is 5.31. The first kappa shape index (κ1) is 11.2. The zero-order valence-corrected chi connectivity index (χ0v) is 9.55. The van der Waals surface area contributed by atoms with Gasteiger partial charge in [-0.2, -0.15) is 0 Å². The van der Waals surface area contributed by atoms with Crippen LogP contribution in [0, 0.1) is 5.41 Å². The van der Waals surface area contributed by atoms with Crippen LogP contribution in [0.5, 0.6) is 0 Å². The highest BCUT2D eigenvalue weighted by molar-refractivity contribution is 6.06. The van der Waals surface area contributed by atoms with E-state index < -0.39 is 5.60 Å². The predicted octanol–water partition coefficient (Wildman–Crippen LogP) is 2.50. The lowest BCUT2D eigenvalue weighted by Gasteiger charge is -2.30. The van der Waals surface area contributed by atoms with Gasteiger partial charge in [-0.3, -0.25) is 4.79 Å². The van der Waals surface area contributed by atoms with E-state index in [0.29, 0.717) is 0 Å². The van der Waals surface area contributed by atoms with Gasteiger partial charge in [0.1, 0.15) is 5.60 Å². The van der Waals surface area contributed by atoms with E-state index in [1.165, 1.54) is 0 Å². The van der Waals surface area contributed by atoms with Crippen LogP contribution in [-0.2, 0) is 9.53 Å². The molecule has 1 aliphatic rings. The Kier molecular flexibility index (Phi) is 2.68. The molecule has 0 saturated carbocycles. The Bertz CT molecular complexity index is 305. The number of ether oxygens (including phenoxy) is 1. The molecule has 1 rings (SSSR count). The highest BCUT2D eigenvalue weighted by Crippen LogP contribution is 2.32. The van der Waals surface area contributed by atoms with Crippen LogP contribution in [0.4, 0.5) is 0 Å². The Hall–Kier alpha value is -0.890. The summed E-state index contributed by atoms with van der Waals surface area (Å²) in [7, 11) is 1.65. The Balaban J connectivity index is 3.11. The van der Waals surface area contributed by atoms with Crippen molar-refractivity contribution in [2.24, 2.45) is 5.41 Å². The van der Waals surface area contributed by atoms with Gasteiger partial charge in [-0.15, -0.1) is 0 Å². The Labute approximate surface area is 85.6 Å². The number of hydrogen-bond acceptors (Lipinski definition) is 2. The van der Waals surface area contributed by atoms with E-state index in [9.17, 15) is 4.79 Å². The molecule has 0 aromatic rings. The molecular formula is C12H18O2. The quantitative estimate of drug-likeness (QED) is 0.641. The van der Waals surface area contributed by atoms with Crippen molar-refractivity contribution >= 4 is 5.78 Å². The minimum absolute atomic E-state index is 0.0898. The van der Waals surface area contributed by atoms with Gasteiger partial charge in [-0.1, -0.05) is 20.8 Å². The van der Waals surface area contributed by atoms with E-state index in [4.69, 9.17) is 4.74 Å². The predicted molar refractivity (Wildman–Crippen MR) is 57.1 cm³/mol. The zero-order valence-electron chi connectivity index (χ0n) is 9.55. The van der Waals surface area contributed by atoms with Crippen molar-refractivity contribution < 1.29 is 9.53 Å². The summed E-state index contributed by atoms with van der Waals surface area (Å²) in [5.41, 5.74) is 0.266. The summed E-state index contributed by atoms with van der Waals surface area (Å²) in [6.45, 7) is 8.05. The highest BCUT2D eigenvalue weighted by atomic mass is 16.5. The standard InChI is InChI=1S/C12H18O2/c1-11(2,3)9-8-12(4,14-5)7-6-10(9)13/h6-8H,1-5H3. The van der Waals surface area contributed by atoms with Gasteiger partial charge in [0.05, 0.1) is 0 Å². The minimum Gasteiger partial charge on any atom is -0.370 e. The maximum atomic E-state index is 11.6. The van der Waals surface area contributed by atoms with Crippen LogP contribution < -0.4 is 0 Å². The molecule has 2 nitrogen and oxygen atoms in total. The zero-order chi connectivity index (χ0) is 11.0. The third-order valence-electron chi connectivity index (χ3n) is 2.51. The second-order valence-electron chi connectivity index (χ2n) is 4.89. The molecule has 78 valence electrons. The van der Waals surface area contributed by atoms with Gasteiger partial charge >= 0.3 is 0 Å². The Morgan fingerprint density at radius 3 is 2.36 bits per heavy atom. The number of ketones is 1. The monoisotopic (exact) mass is 194 g/mol. The molecule has 0 aromatic carbocycles. The highest BCUT2D eigenvalue weighted by Gasteiger charge is 2.30. The van der Waals surface area contributed by atoms with Gasteiger partial charge in [0.2, 0.25) is 0 Å². The van der Waals surface area contributed by atoms with Gasteiger partial charge in [-0.25, -0.2) is 0 Å². The van der Waals surface area contributed by atoms with Gasteiger partial charge in [0.25, 0.3) is 0 Å². The largest absolute Gasteiger partial charge is 0.370 e. The summed E-state index contributed by atoms with van der Waals surface area (Å²) in [5.74, 6) is 0.0898. The molecule has 1 unspecified atom stereocenters. The number of carbonyl (C=O) groups excluding carboxylic acids is 1. The SMILES string of the molecule is COC1(C)C=CC(=O)C(C(C)(C)C)=C1. The number of rotatable bonds is 1. The Morgan fingerprint density at radius 2 is 1.93 bits per heavy atom. The molecule has 2 heteroatoms. The third kappa shape index (κ3) is 2.13. The second kappa shape index (κ2) is 3.35. The molecule has 0 spiro atoms. The lowest BCUT2D eigenvalue weighted by Crippen LogP contribution is -2.30. The van der Waals surface area contributed by atoms with Crippen LogP contribution >= 0.6 is 0 Å². The molecule has 0 heterocycles. The van der Waals surface area contributed by atoms with E-state index in [0.717, 1.165) is 5.57 Å². The fraction of sp³-hybridized carbons (Fsp3) is 0.583. The van der Waals surface area contributed by atoms with E-state index >= 15 is 0 Å². The summed E-state index contributed by atoms with van der Waals surface area (Å²) in [5, 5.41) is 0. The van der Waals surface area contributed by atoms with Crippen LogP contribution in [0.3, 0.4) is 0 Å². The summed E-state index contributed by atoms with van der Waals surface area (Å²) in [4.78, 5) is 11.6. The second-order valence-corrected chi connectivity index (χ2v) is 4.89. The average Bonchev–Trinajstić information content (AvgIpc) is 2.08. The molecule has 0 amide bonds. The topological polar surface area (TPSA) is 26.3 Å². The van der Waals surface area contributed by atoms with E-state index in [1.807, 2.05) is 33.8 Å². The molecule has 14 heavy (non-hydrogen) atoms. The molecule has 0 aliphatic heterocycles. The van der Waals surface area contributed by atoms with Crippen molar-refractivity contribution in [2.45, 2.75) is 33.3 Å². The first-order chi connectivity index (χ1) is 6.28. The van der Waals surface area contributed by atoms with Crippen LogP contribution in [0.25, 0.3) is 0 Å². The molecule has 0 bridgehead atoms. The third-order valence-corrected chi connectivity index (χ3v) is 2.51. The van der Waals surface area contributed by atoms with Gasteiger partial charge < -0.3 is 4.74 Å². The molecule has 0 saturated heterocycles. The van der Waals surface area contributed by atoms with Gasteiger partial charge in [0, 0.05) is 12.7 Å². The fourth-order valence-corrected chi connectivity index (χ4v) is 1.45. The summed E-state index contributed by atoms with van der Waals surface area (Å²) >= 11 is 0. The van der Waals surface area contributed by atoms with Crippen molar-refractivity contribution in [1.29, 1.82) is 0 Å². The molecule has 0 radical (unpaired) electrons. The van der Waals surface area contributed by atoms with Crippen molar-refractivity contribution in [3.8, 4) is 0 Å². The van der Waals surface area contributed by atoms with Crippen LogP contribution in [0.1, 0.15) is 27.7 Å². The minimum atomic E-state index is -0.434. The van der Waals surface area contributed by atoms with Crippen LogP contribution in [0.15, 0.2) is 23.8 Å². The normalized spacial score (nSPS) is 27.8. The fourth-order valence-electron chi connectivity index (χ4n) is 1.45. The Morgan fingerprint density at radius 1 is 1.36 bits per heavy atom. The average molecular weight is 194 g/mol. The number of carbonyl (C=O) groups is 1. The summed E-state index contributed by atoms with van der Waals surface area (Å²) in [6, 6.07) is 0. The van der Waals surface area contributed by atoms with Crippen LogP contribution in [0.2, 0.25) is 0 Å². The number of methoxy groups -OCH3 is 1.